The van der Waals surface area contributed by atoms with Gasteiger partial charge in [0.15, 0.2) is 5.75 Å². The van der Waals surface area contributed by atoms with Gasteiger partial charge in [0.1, 0.15) is 18.1 Å². The third kappa shape index (κ3) is 6.95. The number of ketones is 1. The Morgan fingerprint density at radius 3 is 2.15 bits per heavy atom. The van der Waals surface area contributed by atoms with Crippen LogP contribution in [0.1, 0.15) is 11.6 Å². The van der Waals surface area contributed by atoms with Crippen molar-refractivity contribution in [1.29, 1.82) is 0 Å². The summed E-state index contributed by atoms with van der Waals surface area (Å²) in [4.78, 5) is 13.0. The van der Waals surface area contributed by atoms with E-state index in [4.69, 9.17) is 4.74 Å². The van der Waals surface area contributed by atoms with Crippen molar-refractivity contribution < 1.29 is 62.9 Å². The Morgan fingerprint density at radius 2 is 1.51 bits per heavy atom. The fourth-order valence-electron chi connectivity index (χ4n) is 4.11. The van der Waals surface area contributed by atoms with Crippen molar-refractivity contribution >= 4 is 11.5 Å². The first-order chi connectivity index (χ1) is 19.0. The molecule has 15 heteroatoms. The molecule has 0 amide bonds. The Kier molecular flexibility index (Phi) is 8.00. The normalized spacial score (nSPS) is 15.8. The highest BCUT2D eigenvalue weighted by atomic mass is 19.4. The first-order valence-corrected chi connectivity index (χ1v) is 11.5. The van der Waals surface area contributed by atoms with Crippen LogP contribution in [0.3, 0.4) is 0 Å². The number of halogens is 10. The summed E-state index contributed by atoms with van der Waals surface area (Å²) in [7, 11) is 0. The first kappa shape index (κ1) is 29.8. The smallest absolute Gasteiger partial charge is 0.488 e. The number of ether oxygens (including phenoxy) is 3. The molecule has 0 saturated carbocycles. The van der Waals surface area contributed by atoms with Gasteiger partial charge in [-0.3, -0.25) is 4.79 Å². The predicted octanol–water partition coefficient (Wildman–Crippen LogP) is 7.56. The number of rotatable bonds is 8. The van der Waals surface area contributed by atoms with Gasteiger partial charge in [-0.25, -0.2) is 0 Å². The molecule has 0 radical (unpaired) electrons. The van der Waals surface area contributed by atoms with Gasteiger partial charge < -0.3 is 19.1 Å². The lowest BCUT2D eigenvalue weighted by atomic mass is 9.98. The number of fused-ring (bicyclic) bond motifs is 1. The van der Waals surface area contributed by atoms with E-state index in [1.807, 2.05) is 0 Å². The summed E-state index contributed by atoms with van der Waals surface area (Å²) < 4.78 is 144. The number of alkyl halides is 10. The maximum Gasteiger partial charge on any atom is 0.573 e. The van der Waals surface area contributed by atoms with Gasteiger partial charge in [-0.1, -0.05) is 36.4 Å². The zero-order chi connectivity index (χ0) is 30.2. The third-order valence-corrected chi connectivity index (χ3v) is 5.83. The van der Waals surface area contributed by atoms with E-state index in [1.54, 1.807) is 0 Å². The van der Waals surface area contributed by atoms with E-state index in [0.717, 1.165) is 35.2 Å². The number of para-hydroxylation sites is 1. The molecule has 1 atom stereocenters. The molecule has 1 aliphatic rings. The molecule has 3 aromatic rings. The molecule has 0 aromatic heterocycles. The number of benzene rings is 3. The molecular weight excluding hydrogens is 580 g/mol. The fourth-order valence-corrected chi connectivity index (χ4v) is 4.11. The monoisotopic (exact) mass is 597 g/mol. The second-order valence-electron chi connectivity index (χ2n) is 8.64. The number of carbonyl (C=O) groups is 1. The largest absolute Gasteiger partial charge is 0.573 e. The summed E-state index contributed by atoms with van der Waals surface area (Å²) in [5.41, 5.74) is 0.183. The van der Waals surface area contributed by atoms with Crippen LogP contribution in [0.15, 0.2) is 66.7 Å². The van der Waals surface area contributed by atoms with Crippen molar-refractivity contribution in [2.24, 2.45) is 0 Å². The van der Waals surface area contributed by atoms with E-state index >= 15 is 0 Å². The highest BCUT2D eigenvalue weighted by Crippen LogP contribution is 2.46. The van der Waals surface area contributed by atoms with Crippen LogP contribution in [0.25, 0.3) is 11.1 Å². The van der Waals surface area contributed by atoms with Crippen LogP contribution in [0.5, 0.6) is 17.2 Å². The summed E-state index contributed by atoms with van der Waals surface area (Å²) in [6.07, 6.45) is -19.3. The molecule has 4 rings (SSSR count). The quantitative estimate of drug-likeness (QED) is 0.251. The summed E-state index contributed by atoms with van der Waals surface area (Å²) in [5, 5.41) is 0. The Labute approximate surface area is 224 Å². The maximum absolute atomic E-state index is 13.5. The van der Waals surface area contributed by atoms with Crippen LogP contribution < -0.4 is 19.1 Å². The topological polar surface area (TPSA) is 48.0 Å². The molecule has 0 spiro atoms. The van der Waals surface area contributed by atoms with E-state index in [1.165, 1.54) is 36.4 Å². The minimum absolute atomic E-state index is 0.0147. The zero-order valence-corrected chi connectivity index (χ0v) is 20.3. The van der Waals surface area contributed by atoms with Gasteiger partial charge in [0.2, 0.25) is 0 Å². The van der Waals surface area contributed by atoms with Crippen LogP contribution in [0, 0.1) is 0 Å². The predicted molar refractivity (Wildman–Crippen MR) is 123 cm³/mol. The lowest BCUT2D eigenvalue weighted by Gasteiger charge is -2.39. The Hall–Kier alpha value is -4.17. The second-order valence-corrected chi connectivity index (χ2v) is 8.64. The van der Waals surface area contributed by atoms with Gasteiger partial charge >= 0.3 is 25.1 Å². The average Bonchev–Trinajstić information content (AvgIpc) is 2.87. The lowest BCUT2D eigenvalue weighted by Crippen LogP contribution is -2.43. The van der Waals surface area contributed by atoms with Gasteiger partial charge in [0.05, 0.1) is 18.3 Å². The molecule has 1 heterocycles. The minimum Gasteiger partial charge on any atom is -0.488 e. The molecule has 41 heavy (non-hydrogen) atoms. The highest BCUT2D eigenvalue weighted by molar-refractivity contribution is 5.90. The van der Waals surface area contributed by atoms with Gasteiger partial charge in [0, 0.05) is 5.56 Å². The summed E-state index contributed by atoms with van der Waals surface area (Å²) in [5.74, 6) is -3.56. The number of hydrogen-bond donors (Lipinski definition) is 0. The van der Waals surface area contributed by atoms with E-state index in [0.29, 0.717) is 0 Å². The molecule has 1 aliphatic heterocycles. The van der Waals surface area contributed by atoms with E-state index in [2.05, 4.69) is 9.47 Å². The van der Waals surface area contributed by atoms with Crippen molar-refractivity contribution in [3.8, 4) is 28.4 Å². The molecule has 0 bridgehead atoms. The van der Waals surface area contributed by atoms with Crippen LogP contribution in [0.2, 0.25) is 0 Å². The molecular formula is C26H17F10NO4. The van der Waals surface area contributed by atoms with Gasteiger partial charge in [-0.15, -0.1) is 13.2 Å². The van der Waals surface area contributed by atoms with E-state index in [-0.39, 0.29) is 28.1 Å². The Balaban J connectivity index is 1.76. The Morgan fingerprint density at radius 1 is 0.878 bits per heavy atom. The summed E-state index contributed by atoms with van der Waals surface area (Å²) >= 11 is 0. The van der Waals surface area contributed by atoms with Crippen LogP contribution in [0.4, 0.5) is 49.6 Å². The molecule has 0 fully saturated rings. The van der Waals surface area contributed by atoms with Crippen LogP contribution >= 0.6 is 0 Å². The third-order valence-electron chi connectivity index (χ3n) is 5.83. The molecule has 5 nitrogen and oxygen atoms in total. The van der Waals surface area contributed by atoms with Crippen LogP contribution in [-0.4, -0.2) is 44.0 Å². The fraction of sp³-hybridized carbons (Fsp3) is 0.269. The number of hydrogen-bond acceptors (Lipinski definition) is 5. The molecule has 0 aliphatic carbocycles. The summed E-state index contributed by atoms with van der Waals surface area (Å²) in [6.45, 7) is -1.73. The SMILES string of the molecule is O=C(CN1c2cccc(-c3cccc(OC(F)(F)F)c3)c2OC[C@@H]1c1cccc(OC(F)(F)C(F)F)c1)C(F)(F)F. The second kappa shape index (κ2) is 11.0. The van der Waals surface area contributed by atoms with Crippen molar-refractivity contribution in [3.05, 3.63) is 72.3 Å². The first-order valence-electron chi connectivity index (χ1n) is 11.5. The Bertz CT molecular complexity index is 1410. The van der Waals surface area contributed by atoms with Gasteiger partial charge in [0.25, 0.3) is 5.78 Å². The standard InChI is InChI=1S/C26H17F10NO4/c27-23(28)25(32,33)40-16-6-2-5-15(11-16)20-13-39-22-18(14-4-1-7-17(10-14)41-26(34,35)36)8-3-9-19(22)37(20)12-21(38)24(29,30)31/h1-11,20,23H,12-13H2/t20-/m1/s1. The summed E-state index contributed by atoms with van der Waals surface area (Å²) in [6, 6.07) is 11.7. The van der Waals surface area contributed by atoms with Crippen molar-refractivity contribution in [2.45, 2.75) is 31.1 Å². The number of Topliss-reactive ketones (excluding diaryl/α,β-unsaturated/α-hetero) is 1. The number of nitrogens with zero attached hydrogens (tertiary/aromatic N) is 1. The molecule has 0 N–H and O–H groups in total. The van der Waals surface area contributed by atoms with E-state index < -0.39 is 61.5 Å². The molecule has 220 valence electrons. The number of anilines is 1. The molecule has 3 aromatic carbocycles. The number of carbonyl (C=O) groups excluding carboxylic acids is 1. The maximum atomic E-state index is 13.5. The van der Waals surface area contributed by atoms with Crippen molar-refractivity contribution in [1.82, 2.24) is 0 Å². The lowest BCUT2D eigenvalue weighted by molar-refractivity contribution is -0.274. The van der Waals surface area contributed by atoms with Gasteiger partial charge in [-0.2, -0.15) is 30.7 Å². The zero-order valence-electron chi connectivity index (χ0n) is 20.3. The van der Waals surface area contributed by atoms with Crippen LogP contribution in [-0.2, 0) is 4.79 Å². The molecule has 0 unspecified atom stereocenters. The van der Waals surface area contributed by atoms with E-state index in [9.17, 15) is 48.7 Å². The minimum atomic E-state index is -5.26. The van der Waals surface area contributed by atoms with Crippen molar-refractivity contribution in [3.63, 3.8) is 0 Å². The highest BCUT2D eigenvalue weighted by Gasteiger charge is 2.45. The molecule has 0 saturated heterocycles. The average molecular weight is 597 g/mol. The van der Waals surface area contributed by atoms with Crippen molar-refractivity contribution in [2.75, 3.05) is 18.1 Å². The van der Waals surface area contributed by atoms with Gasteiger partial charge in [-0.05, 0) is 41.5 Å².